The summed E-state index contributed by atoms with van der Waals surface area (Å²) in [4.78, 5) is 9.68. The van der Waals surface area contributed by atoms with Crippen molar-refractivity contribution in [3.05, 3.63) is 0 Å². The lowest BCUT2D eigenvalue weighted by Gasteiger charge is -1.81. The minimum absolute atomic E-state index is 0.546. The molecule has 3 heteroatoms. The van der Waals surface area contributed by atoms with Gasteiger partial charge in [0, 0.05) is 0 Å². The highest BCUT2D eigenvalue weighted by atomic mass is 16.3. The first-order chi connectivity index (χ1) is 2.81. The van der Waals surface area contributed by atoms with Gasteiger partial charge >= 0.3 is 0 Å². The van der Waals surface area contributed by atoms with E-state index in [0.29, 0.717) is 0 Å². The van der Waals surface area contributed by atoms with E-state index in [2.05, 4.69) is 0 Å². The molecule has 0 saturated carbocycles. The van der Waals surface area contributed by atoms with Crippen molar-refractivity contribution in [3.63, 3.8) is 0 Å². The van der Waals surface area contributed by atoms with E-state index < -0.39 is 19.0 Å². The molecule has 0 amide bonds. The number of hydrogen-bond donors (Lipinski definition) is 2. The molecule has 0 radical (unpaired) electrons. The third kappa shape index (κ3) is 1.87. The van der Waals surface area contributed by atoms with E-state index in [-0.39, 0.29) is 0 Å². The van der Waals surface area contributed by atoms with Crippen molar-refractivity contribution in [2.24, 2.45) is 0 Å². The van der Waals surface area contributed by atoms with Crippen LogP contribution in [0.4, 0.5) is 0 Å². The molecule has 0 fully saturated rings. The molecule has 0 rings (SSSR count). The number of aliphatic hydroxyl groups excluding tert-OH is 2. The molecule has 0 unspecified atom stereocenters. The van der Waals surface area contributed by atoms with Crippen LogP contribution < -0.4 is 0 Å². The van der Waals surface area contributed by atoms with E-state index in [4.69, 9.17) is 10.2 Å². The van der Waals surface area contributed by atoms with Gasteiger partial charge in [0.15, 0.2) is 5.78 Å². The summed E-state index contributed by atoms with van der Waals surface area (Å²) >= 11 is 0. The van der Waals surface area contributed by atoms with E-state index in [1.165, 1.54) is 0 Å². The second-order valence-electron chi connectivity index (χ2n) is 0.855. The maximum Gasteiger partial charge on any atom is 0.183 e. The van der Waals surface area contributed by atoms with E-state index in [0.717, 1.165) is 0 Å². The Morgan fingerprint density at radius 2 is 1.67 bits per heavy atom. The summed E-state index contributed by atoms with van der Waals surface area (Å²) in [5.41, 5.74) is 0. The third-order valence-electron chi connectivity index (χ3n) is 0.353. The van der Waals surface area contributed by atoms with Crippen LogP contribution in [0.2, 0.25) is 0 Å². The van der Waals surface area contributed by atoms with E-state index in [1.54, 1.807) is 0 Å². The van der Waals surface area contributed by atoms with Crippen LogP contribution in [-0.2, 0) is 4.79 Å². The summed E-state index contributed by atoms with van der Waals surface area (Å²) in [5, 5.41) is 15.7. The minimum atomic E-state index is -0.559. The van der Waals surface area contributed by atoms with Crippen molar-refractivity contribution in [3.8, 4) is 0 Å². The summed E-state index contributed by atoms with van der Waals surface area (Å²) in [5.74, 6) is -0.546. The second-order valence-corrected chi connectivity index (χ2v) is 0.855. The molecule has 36 valence electrons. The fourth-order valence-corrected chi connectivity index (χ4v) is 0.0500. The second kappa shape index (κ2) is 2.81. The van der Waals surface area contributed by atoms with Crippen molar-refractivity contribution in [2.75, 3.05) is 13.2 Å². The number of aliphatic hydroxyl groups is 2. The molecule has 0 spiro atoms. The Morgan fingerprint density at radius 1 is 1.33 bits per heavy atom. The molecule has 0 aliphatic heterocycles. The van der Waals surface area contributed by atoms with Gasteiger partial charge in [0.25, 0.3) is 0 Å². The summed E-state index contributed by atoms with van der Waals surface area (Å²) in [7, 11) is 0. The number of carbonyl (C=O) groups excluding carboxylic acids is 1. The molecule has 0 heterocycles. The summed E-state index contributed by atoms with van der Waals surface area (Å²) < 4.78 is 0. The van der Waals surface area contributed by atoms with E-state index in [1.807, 2.05) is 0 Å². The average molecular weight is 91.1 g/mol. The van der Waals surface area contributed by atoms with Crippen LogP contribution in [0.15, 0.2) is 0 Å². The molecule has 0 atom stereocenters. The lowest BCUT2D eigenvalue weighted by molar-refractivity contribution is -0.124. The average Bonchev–Trinajstić information content (AvgIpc) is 1.65. The molecule has 6 heavy (non-hydrogen) atoms. The molecule has 3 nitrogen and oxygen atoms in total. The van der Waals surface area contributed by atoms with Gasteiger partial charge in [-0.1, -0.05) is 0 Å². The van der Waals surface area contributed by atoms with Crippen LogP contribution in [0.25, 0.3) is 0 Å². The zero-order valence-electron chi connectivity index (χ0n) is 3.22. The molecule has 0 aliphatic carbocycles. The predicted octanol–water partition coefficient (Wildman–Crippen LogP) is -1.46. The van der Waals surface area contributed by atoms with Crippen molar-refractivity contribution < 1.29 is 15.0 Å². The number of Topliss-reactive ketones (excluding diaryl/α,β-unsaturated/α-hetero) is 1. The highest BCUT2D eigenvalue weighted by Crippen LogP contribution is 1.59. The SMILES string of the molecule is O=C(CO)[13CH2]O. The highest BCUT2D eigenvalue weighted by molar-refractivity contribution is 5.80. The monoisotopic (exact) mass is 91.0 g/mol. The van der Waals surface area contributed by atoms with Crippen LogP contribution in [0.1, 0.15) is 0 Å². The maximum absolute atomic E-state index is 9.68. The summed E-state index contributed by atoms with van der Waals surface area (Å²) in [6, 6.07) is 0. The largest absolute Gasteiger partial charge is 0.388 e. The topological polar surface area (TPSA) is 57.5 Å². The number of hydrogen-bond acceptors (Lipinski definition) is 3. The van der Waals surface area contributed by atoms with Gasteiger partial charge in [0.05, 0.1) is 0 Å². The van der Waals surface area contributed by atoms with Gasteiger partial charge in [-0.2, -0.15) is 0 Å². The van der Waals surface area contributed by atoms with Gasteiger partial charge in [-0.15, -0.1) is 0 Å². The van der Waals surface area contributed by atoms with Crippen molar-refractivity contribution >= 4 is 5.78 Å². The molecule has 0 bridgehead atoms. The minimum Gasteiger partial charge on any atom is -0.388 e. The van der Waals surface area contributed by atoms with Gasteiger partial charge in [-0.25, -0.2) is 0 Å². The normalized spacial score (nSPS) is 8.33. The van der Waals surface area contributed by atoms with Crippen molar-refractivity contribution in [1.29, 1.82) is 0 Å². The Balaban J connectivity index is 2.99. The number of carbonyl (C=O) groups is 1. The van der Waals surface area contributed by atoms with Gasteiger partial charge in [-0.05, 0) is 0 Å². The molecule has 2 N–H and O–H groups in total. The van der Waals surface area contributed by atoms with Crippen LogP contribution in [0, 0.1) is 0 Å². The van der Waals surface area contributed by atoms with Crippen LogP contribution >= 0.6 is 0 Å². The quantitative estimate of drug-likeness (QED) is 0.408. The first-order valence-electron chi connectivity index (χ1n) is 1.54. The lowest BCUT2D eigenvalue weighted by atomic mass is 10.6. The van der Waals surface area contributed by atoms with E-state index in [9.17, 15) is 4.79 Å². The molecule has 0 aromatic carbocycles. The summed E-state index contributed by atoms with van der Waals surface area (Å²) in [6.45, 7) is -1.12. The maximum atomic E-state index is 9.68. The molecule has 0 saturated heterocycles. The number of ketones is 1. The Labute approximate surface area is 35.2 Å². The van der Waals surface area contributed by atoms with Crippen molar-refractivity contribution in [1.82, 2.24) is 0 Å². The van der Waals surface area contributed by atoms with Gasteiger partial charge in [0.1, 0.15) is 13.2 Å². The zero-order valence-corrected chi connectivity index (χ0v) is 3.22. The first-order valence-corrected chi connectivity index (χ1v) is 1.54. The van der Waals surface area contributed by atoms with Gasteiger partial charge < -0.3 is 10.2 Å². The van der Waals surface area contributed by atoms with E-state index >= 15 is 0 Å². The molecule has 0 aromatic rings. The number of rotatable bonds is 2. The smallest absolute Gasteiger partial charge is 0.183 e. The van der Waals surface area contributed by atoms with Crippen molar-refractivity contribution in [2.45, 2.75) is 0 Å². The zero-order chi connectivity index (χ0) is 4.99. The Hall–Kier alpha value is -0.410. The summed E-state index contributed by atoms with van der Waals surface area (Å²) in [6.07, 6.45) is 0. The third-order valence-corrected chi connectivity index (χ3v) is 0.353. The molecular weight excluding hydrogens is 85.0 g/mol. The van der Waals surface area contributed by atoms with Crippen LogP contribution in [0.5, 0.6) is 0 Å². The molecular formula is C3H6O3. The Bertz CT molecular complexity index is 44.0. The highest BCUT2D eigenvalue weighted by Gasteiger charge is 1.89. The fourth-order valence-electron chi connectivity index (χ4n) is 0.0500. The lowest BCUT2D eigenvalue weighted by Crippen LogP contribution is -2.07. The predicted molar refractivity (Wildman–Crippen MR) is 19.2 cm³/mol. The van der Waals surface area contributed by atoms with Crippen LogP contribution in [0.3, 0.4) is 0 Å². The van der Waals surface area contributed by atoms with Gasteiger partial charge in [-0.3, -0.25) is 4.79 Å². The molecule has 0 aromatic heterocycles. The Kier molecular flexibility index (Phi) is 2.62. The molecule has 0 aliphatic rings. The fraction of sp³-hybridized carbons (Fsp3) is 0.667. The Morgan fingerprint density at radius 3 is 1.67 bits per heavy atom. The van der Waals surface area contributed by atoms with Gasteiger partial charge in [0.2, 0.25) is 0 Å². The first kappa shape index (κ1) is 5.59. The van der Waals surface area contributed by atoms with Crippen LogP contribution in [-0.4, -0.2) is 29.2 Å². The standard InChI is InChI=1S/C3H6O3/c4-1-3(6)2-5/h4-5H,1-2H2/i1+1.